The zero-order valence-corrected chi connectivity index (χ0v) is 12.0. The molecule has 3 nitrogen and oxygen atoms in total. The second-order valence-electron chi connectivity index (χ2n) is 4.20. The quantitative estimate of drug-likeness (QED) is 0.867. The number of phenolic OH excluding ortho intramolecular Hbond substituents is 1. The number of anilines is 1. The molecule has 2 N–H and O–H groups in total. The van der Waals surface area contributed by atoms with Gasteiger partial charge in [-0.05, 0) is 52.7 Å². The third-order valence-corrected chi connectivity index (χ3v) is 3.32. The molecule has 20 heavy (non-hydrogen) atoms. The molecule has 1 amide bonds. The lowest BCUT2D eigenvalue weighted by Gasteiger charge is -2.10. The first kappa shape index (κ1) is 14.5. The van der Waals surface area contributed by atoms with Crippen LogP contribution in [0.2, 0.25) is 0 Å². The number of halogens is 3. The normalized spacial score (nSPS) is 10.4. The Balaban J connectivity index is 2.30. The van der Waals surface area contributed by atoms with Gasteiger partial charge in [0.05, 0.1) is 10.0 Å². The second kappa shape index (κ2) is 5.58. The van der Waals surface area contributed by atoms with Crippen molar-refractivity contribution in [2.75, 3.05) is 5.32 Å². The molecule has 0 saturated carbocycles. The summed E-state index contributed by atoms with van der Waals surface area (Å²) in [7, 11) is 0. The van der Waals surface area contributed by atoms with Crippen LogP contribution in [-0.2, 0) is 0 Å². The molecular weight excluding hydrogens is 332 g/mol. The largest absolute Gasteiger partial charge is 0.508 e. The fraction of sp³-hybridized carbons (Fsp3) is 0.0714. The average molecular weight is 342 g/mol. The number of phenols is 1. The molecule has 0 spiro atoms. The third kappa shape index (κ3) is 2.96. The van der Waals surface area contributed by atoms with Crippen molar-refractivity contribution in [3.05, 3.63) is 57.6 Å². The van der Waals surface area contributed by atoms with E-state index in [-0.39, 0.29) is 15.8 Å². The van der Waals surface area contributed by atoms with Gasteiger partial charge in [-0.1, -0.05) is 0 Å². The van der Waals surface area contributed by atoms with Crippen LogP contribution >= 0.6 is 15.9 Å². The molecule has 2 aromatic rings. The standard InChI is InChI=1S/C14H10BrF2NO2/c1-7-4-12(17)10(15)6-13(7)18-14(20)9-3-2-8(19)5-11(9)16/h2-6,19H,1H3,(H,18,20). The average Bonchev–Trinajstić information content (AvgIpc) is 2.35. The van der Waals surface area contributed by atoms with E-state index in [1.165, 1.54) is 24.3 Å². The van der Waals surface area contributed by atoms with E-state index in [0.29, 0.717) is 11.3 Å². The van der Waals surface area contributed by atoms with Crippen LogP contribution in [0.1, 0.15) is 15.9 Å². The van der Waals surface area contributed by atoms with Gasteiger partial charge in [0.25, 0.3) is 5.91 Å². The van der Waals surface area contributed by atoms with Crippen LogP contribution < -0.4 is 5.32 Å². The smallest absolute Gasteiger partial charge is 0.258 e. The Bertz CT molecular complexity index is 689. The number of carbonyl (C=O) groups excluding carboxylic acids is 1. The number of benzene rings is 2. The maximum Gasteiger partial charge on any atom is 0.258 e. The van der Waals surface area contributed by atoms with E-state index in [1.807, 2.05) is 0 Å². The van der Waals surface area contributed by atoms with Crippen molar-refractivity contribution in [2.45, 2.75) is 6.92 Å². The summed E-state index contributed by atoms with van der Waals surface area (Å²) in [6, 6.07) is 5.90. The fourth-order valence-electron chi connectivity index (χ4n) is 1.66. The van der Waals surface area contributed by atoms with E-state index < -0.39 is 17.5 Å². The first-order chi connectivity index (χ1) is 9.38. The minimum atomic E-state index is -0.832. The predicted octanol–water partition coefficient (Wildman–Crippen LogP) is 3.99. The third-order valence-electron chi connectivity index (χ3n) is 2.71. The van der Waals surface area contributed by atoms with E-state index in [9.17, 15) is 13.6 Å². The number of aromatic hydroxyl groups is 1. The summed E-state index contributed by atoms with van der Waals surface area (Å²) in [4.78, 5) is 12.0. The van der Waals surface area contributed by atoms with Gasteiger partial charge in [0.15, 0.2) is 0 Å². The lowest BCUT2D eigenvalue weighted by molar-refractivity contribution is 0.102. The summed E-state index contributed by atoms with van der Waals surface area (Å²) in [6.07, 6.45) is 0. The van der Waals surface area contributed by atoms with Gasteiger partial charge in [-0.15, -0.1) is 0 Å². The molecule has 0 fully saturated rings. The molecule has 0 radical (unpaired) electrons. The van der Waals surface area contributed by atoms with Crippen molar-refractivity contribution in [2.24, 2.45) is 0 Å². The highest BCUT2D eigenvalue weighted by molar-refractivity contribution is 9.10. The highest BCUT2D eigenvalue weighted by Crippen LogP contribution is 2.25. The van der Waals surface area contributed by atoms with Crippen molar-refractivity contribution < 1.29 is 18.7 Å². The van der Waals surface area contributed by atoms with E-state index in [2.05, 4.69) is 21.2 Å². The summed E-state index contributed by atoms with van der Waals surface area (Å²) in [5, 5.41) is 11.6. The van der Waals surface area contributed by atoms with Crippen LogP contribution in [0.25, 0.3) is 0 Å². The van der Waals surface area contributed by atoms with Crippen molar-refractivity contribution >= 4 is 27.5 Å². The fourth-order valence-corrected chi connectivity index (χ4v) is 2.00. The number of nitrogens with one attached hydrogen (secondary N) is 1. The Morgan fingerprint density at radius 3 is 2.55 bits per heavy atom. The number of amides is 1. The van der Waals surface area contributed by atoms with Crippen LogP contribution in [0.5, 0.6) is 5.75 Å². The van der Waals surface area contributed by atoms with Gasteiger partial charge < -0.3 is 10.4 Å². The maximum absolute atomic E-state index is 13.6. The number of hydrogen-bond acceptors (Lipinski definition) is 2. The molecule has 0 saturated heterocycles. The molecule has 0 unspecified atom stereocenters. The number of rotatable bonds is 2. The monoisotopic (exact) mass is 341 g/mol. The second-order valence-corrected chi connectivity index (χ2v) is 5.05. The number of aryl methyl sites for hydroxylation is 1. The Kier molecular flexibility index (Phi) is 4.04. The van der Waals surface area contributed by atoms with Gasteiger partial charge in [-0.2, -0.15) is 0 Å². The SMILES string of the molecule is Cc1cc(F)c(Br)cc1NC(=O)c1ccc(O)cc1F. The summed E-state index contributed by atoms with van der Waals surface area (Å²) in [5.74, 6) is -2.22. The zero-order chi connectivity index (χ0) is 14.9. The Labute approximate surface area is 122 Å². The molecule has 0 atom stereocenters. The van der Waals surface area contributed by atoms with Crippen molar-refractivity contribution in [3.8, 4) is 5.75 Å². The van der Waals surface area contributed by atoms with E-state index in [4.69, 9.17) is 5.11 Å². The molecule has 0 aliphatic heterocycles. The highest BCUT2D eigenvalue weighted by atomic mass is 79.9. The summed E-state index contributed by atoms with van der Waals surface area (Å²) in [5.41, 5.74) is 0.677. The van der Waals surface area contributed by atoms with Gasteiger partial charge >= 0.3 is 0 Å². The Hall–Kier alpha value is -1.95. The van der Waals surface area contributed by atoms with Crippen LogP contribution in [0, 0.1) is 18.6 Å². The Morgan fingerprint density at radius 1 is 1.20 bits per heavy atom. The van der Waals surface area contributed by atoms with Gasteiger partial charge in [0.2, 0.25) is 0 Å². The van der Waals surface area contributed by atoms with Crippen molar-refractivity contribution in [1.82, 2.24) is 0 Å². The first-order valence-electron chi connectivity index (χ1n) is 5.64. The predicted molar refractivity (Wildman–Crippen MR) is 74.9 cm³/mol. The summed E-state index contributed by atoms with van der Waals surface area (Å²) < 4.78 is 27.0. The van der Waals surface area contributed by atoms with Crippen molar-refractivity contribution in [3.63, 3.8) is 0 Å². The van der Waals surface area contributed by atoms with Crippen LogP contribution in [0.15, 0.2) is 34.8 Å². The lowest BCUT2D eigenvalue weighted by Crippen LogP contribution is -2.14. The van der Waals surface area contributed by atoms with E-state index >= 15 is 0 Å². The molecule has 0 aliphatic carbocycles. The highest BCUT2D eigenvalue weighted by Gasteiger charge is 2.14. The number of hydrogen-bond donors (Lipinski definition) is 2. The molecule has 6 heteroatoms. The van der Waals surface area contributed by atoms with Crippen LogP contribution in [0.4, 0.5) is 14.5 Å². The van der Waals surface area contributed by atoms with Gasteiger partial charge in [0, 0.05) is 11.8 Å². The Morgan fingerprint density at radius 2 is 1.90 bits per heavy atom. The summed E-state index contributed by atoms with van der Waals surface area (Å²) in [6.45, 7) is 1.62. The van der Waals surface area contributed by atoms with Gasteiger partial charge in [0.1, 0.15) is 17.4 Å². The van der Waals surface area contributed by atoms with E-state index in [0.717, 1.165) is 6.07 Å². The molecule has 2 rings (SSSR count). The lowest BCUT2D eigenvalue weighted by atomic mass is 10.1. The molecule has 0 bridgehead atoms. The van der Waals surface area contributed by atoms with Gasteiger partial charge in [-0.25, -0.2) is 8.78 Å². The first-order valence-corrected chi connectivity index (χ1v) is 6.43. The van der Waals surface area contributed by atoms with E-state index in [1.54, 1.807) is 6.92 Å². The molecule has 0 heterocycles. The maximum atomic E-state index is 13.6. The number of carbonyl (C=O) groups is 1. The molecular formula is C14H10BrF2NO2. The molecule has 0 aliphatic rings. The van der Waals surface area contributed by atoms with Crippen LogP contribution in [0.3, 0.4) is 0 Å². The zero-order valence-electron chi connectivity index (χ0n) is 10.4. The molecule has 0 aromatic heterocycles. The van der Waals surface area contributed by atoms with Crippen molar-refractivity contribution in [1.29, 1.82) is 0 Å². The molecule has 2 aromatic carbocycles. The topological polar surface area (TPSA) is 49.3 Å². The van der Waals surface area contributed by atoms with Crippen LogP contribution in [-0.4, -0.2) is 11.0 Å². The minimum absolute atomic E-state index is 0.199. The summed E-state index contributed by atoms with van der Waals surface area (Å²) >= 11 is 3.02. The minimum Gasteiger partial charge on any atom is -0.508 e. The van der Waals surface area contributed by atoms with Gasteiger partial charge in [-0.3, -0.25) is 4.79 Å². The molecule has 104 valence electrons.